The van der Waals surface area contributed by atoms with Crippen LogP contribution in [0.1, 0.15) is 53.9 Å². The molecule has 1 aliphatic carbocycles. The zero-order valence-electron chi connectivity index (χ0n) is 11.6. The Morgan fingerprint density at radius 2 is 2.12 bits per heavy atom. The molecule has 1 rings (SSSR count). The van der Waals surface area contributed by atoms with Crippen LogP contribution in [0.15, 0.2) is 5.10 Å². The Bertz CT molecular complexity index is 308. The zero-order chi connectivity index (χ0) is 13.1. The molecule has 4 heteroatoms. The summed E-state index contributed by atoms with van der Waals surface area (Å²) >= 11 is 5.16. The molecular formula is C13H25N3S. The summed E-state index contributed by atoms with van der Waals surface area (Å²) in [5, 5.41) is 8.19. The molecule has 2 N–H and O–H groups in total. The van der Waals surface area contributed by atoms with Crippen molar-refractivity contribution in [1.82, 2.24) is 10.7 Å². The van der Waals surface area contributed by atoms with Crippen molar-refractivity contribution in [1.29, 1.82) is 0 Å². The Kier molecular flexibility index (Phi) is 4.92. The molecular weight excluding hydrogens is 230 g/mol. The summed E-state index contributed by atoms with van der Waals surface area (Å²) < 4.78 is 0. The van der Waals surface area contributed by atoms with Gasteiger partial charge in [-0.15, -0.1) is 0 Å². The smallest absolute Gasteiger partial charge is 0.187 e. The first kappa shape index (κ1) is 14.4. The summed E-state index contributed by atoms with van der Waals surface area (Å²) in [4.78, 5) is 0. The van der Waals surface area contributed by atoms with Crippen LogP contribution in [0.3, 0.4) is 0 Å². The lowest BCUT2D eigenvalue weighted by atomic mass is 9.72. The van der Waals surface area contributed by atoms with Crippen molar-refractivity contribution in [3.8, 4) is 0 Å². The third kappa shape index (κ3) is 5.48. The number of thiocarbonyl (C=S) groups is 1. The SMILES string of the molecule is CC(C)NC(=S)NN=C1C[C@@H](C)CC(C)(C)C1. The first-order valence-corrected chi connectivity index (χ1v) is 6.81. The Hall–Kier alpha value is -0.640. The predicted molar refractivity (Wildman–Crippen MR) is 78.2 cm³/mol. The average molecular weight is 255 g/mol. The van der Waals surface area contributed by atoms with E-state index in [4.69, 9.17) is 12.2 Å². The summed E-state index contributed by atoms with van der Waals surface area (Å²) in [6, 6.07) is 0.344. The molecule has 0 spiro atoms. The maximum atomic E-state index is 5.16. The molecule has 1 saturated carbocycles. The van der Waals surface area contributed by atoms with E-state index in [0.717, 1.165) is 12.8 Å². The topological polar surface area (TPSA) is 36.4 Å². The molecule has 98 valence electrons. The molecule has 0 bridgehead atoms. The lowest BCUT2D eigenvalue weighted by Crippen LogP contribution is -2.38. The van der Waals surface area contributed by atoms with E-state index in [1.54, 1.807) is 0 Å². The maximum absolute atomic E-state index is 5.16. The third-order valence-corrected chi connectivity index (χ3v) is 3.11. The van der Waals surface area contributed by atoms with E-state index in [1.165, 1.54) is 12.1 Å². The maximum Gasteiger partial charge on any atom is 0.187 e. The van der Waals surface area contributed by atoms with Crippen LogP contribution >= 0.6 is 12.2 Å². The number of nitrogens with one attached hydrogen (secondary N) is 2. The second-order valence-corrected chi connectivity index (χ2v) is 6.68. The average Bonchev–Trinajstić information content (AvgIpc) is 2.10. The van der Waals surface area contributed by atoms with Crippen molar-refractivity contribution in [2.24, 2.45) is 16.4 Å². The van der Waals surface area contributed by atoms with Gasteiger partial charge in [0.2, 0.25) is 0 Å². The van der Waals surface area contributed by atoms with Gasteiger partial charge in [-0.05, 0) is 56.7 Å². The lowest BCUT2D eigenvalue weighted by Gasteiger charge is -2.34. The number of nitrogens with zero attached hydrogens (tertiary/aromatic N) is 1. The van der Waals surface area contributed by atoms with Crippen LogP contribution < -0.4 is 10.7 Å². The highest BCUT2D eigenvalue weighted by molar-refractivity contribution is 7.80. The van der Waals surface area contributed by atoms with E-state index in [-0.39, 0.29) is 0 Å². The molecule has 0 amide bonds. The van der Waals surface area contributed by atoms with Crippen molar-refractivity contribution in [3.05, 3.63) is 0 Å². The van der Waals surface area contributed by atoms with E-state index in [2.05, 4.69) is 50.5 Å². The predicted octanol–water partition coefficient (Wildman–Crippen LogP) is 3.06. The van der Waals surface area contributed by atoms with Crippen molar-refractivity contribution in [2.75, 3.05) is 0 Å². The molecule has 1 atom stereocenters. The fourth-order valence-corrected chi connectivity index (χ4v) is 2.91. The Labute approximate surface area is 110 Å². The number of hydrogen-bond donors (Lipinski definition) is 2. The second kappa shape index (κ2) is 5.80. The summed E-state index contributed by atoms with van der Waals surface area (Å²) in [7, 11) is 0. The van der Waals surface area contributed by atoms with E-state index < -0.39 is 0 Å². The fourth-order valence-electron chi connectivity index (χ4n) is 2.62. The molecule has 1 fully saturated rings. The van der Waals surface area contributed by atoms with Crippen molar-refractivity contribution >= 4 is 23.0 Å². The number of hydrogen-bond acceptors (Lipinski definition) is 2. The first-order chi connectivity index (χ1) is 7.78. The van der Waals surface area contributed by atoms with Gasteiger partial charge in [-0.3, -0.25) is 5.43 Å². The van der Waals surface area contributed by atoms with Gasteiger partial charge in [-0.25, -0.2) is 0 Å². The second-order valence-electron chi connectivity index (χ2n) is 6.27. The summed E-state index contributed by atoms with van der Waals surface area (Å²) in [6.07, 6.45) is 3.43. The lowest BCUT2D eigenvalue weighted by molar-refractivity contribution is 0.265. The van der Waals surface area contributed by atoms with E-state index in [9.17, 15) is 0 Å². The van der Waals surface area contributed by atoms with Gasteiger partial charge in [-0.1, -0.05) is 20.8 Å². The van der Waals surface area contributed by atoms with Crippen LogP contribution in [0.4, 0.5) is 0 Å². The first-order valence-electron chi connectivity index (χ1n) is 6.40. The van der Waals surface area contributed by atoms with Gasteiger partial charge in [0, 0.05) is 11.8 Å². The van der Waals surface area contributed by atoms with Crippen LogP contribution in [0.5, 0.6) is 0 Å². The molecule has 3 nitrogen and oxygen atoms in total. The minimum Gasteiger partial charge on any atom is -0.359 e. The highest BCUT2D eigenvalue weighted by Gasteiger charge is 2.29. The Morgan fingerprint density at radius 3 is 2.65 bits per heavy atom. The quantitative estimate of drug-likeness (QED) is 0.588. The van der Waals surface area contributed by atoms with Gasteiger partial charge in [-0.2, -0.15) is 5.10 Å². The van der Waals surface area contributed by atoms with Crippen LogP contribution in [0.2, 0.25) is 0 Å². The van der Waals surface area contributed by atoms with Gasteiger partial charge in [0.1, 0.15) is 0 Å². The Balaban J connectivity index is 2.51. The van der Waals surface area contributed by atoms with Gasteiger partial charge in [0.05, 0.1) is 0 Å². The molecule has 0 aliphatic heterocycles. The highest BCUT2D eigenvalue weighted by Crippen LogP contribution is 2.36. The fraction of sp³-hybridized carbons (Fsp3) is 0.846. The Morgan fingerprint density at radius 1 is 1.47 bits per heavy atom. The van der Waals surface area contributed by atoms with E-state index in [1.807, 2.05) is 0 Å². The molecule has 0 heterocycles. The largest absolute Gasteiger partial charge is 0.359 e. The van der Waals surface area contributed by atoms with Crippen LogP contribution in [0, 0.1) is 11.3 Å². The molecule has 0 radical (unpaired) electrons. The summed E-state index contributed by atoms with van der Waals surface area (Å²) in [5.74, 6) is 0.714. The van der Waals surface area contributed by atoms with Gasteiger partial charge >= 0.3 is 0 Å². The number of hydrazone groups is 1. The molecule has 0 aromatic carbocycles. The van der Waals surface area contributed by atoms with Gasteiger partial charge in [0.15, 0.2) is 5.11 Å². The van der Waals surface area contributed by atoms with Crippen molar-refractivity contribution < 1.29 is 0 Å². The van der Waals surface area contributed by atoms with Gasteiger partial charge < -0.3 is 5.32 Å². The summed E-state index contributed by atoms with van der Waals surface area (Å²) in [6.45, 7) is 11.0. The molecule has 0 aromatic heterocycles. The molecule has 0 unspecified atom stereocenters. The monoisotopic (exact) mass is 255 g/mol. The third-order valence-electron chi connectivity index (χ3n) is 2.90. The molecule has 0 saturated heterocycles. The van der Waals surface area contributed by atoms with Crippen LogP contribution in [-0.4, -0.2) is 16.9 Å². The standard InChI is InChI=1S/C13H25N3S/c1-9(2)14-12(17)16-15-11-6-10(3)7-13(4,5)8-11/h9-10H,6-8H2,1-5H3,(H2,14,16,17)/t10-/m1/s1. The highest BCUT2D eigenvalue weighted by atomic mass is 32.1. The molecule has 0 aromatic rings. The molecule has 1 aliphatic rings. The van der Waals surface area contributed by atoms with Crippen molar-refractivity contribution in [2.45, 2.75) is 59.9 Å². The minimum atomic E-state index is 0.344. The normalized spacial score (nSPS) is 26.0. The summed E-state index contributed by atoms with van der Waals surface area (Å²) in [5.41, 5.74) is 4.55. The van der Waals surface area contributed by atoms with E-state index in [0.29, 0.717) is 22.5 Å². The number of rotatable bonds is 2. The minimum absolute atomic E-state index is 0.344. The zero-order valence-corrected chi connectivity index (χ0v) is 12.4. The van der Waals surface area contributed by atoms with E-state index >= 15 is 0 Å². The van der Waals surface area contributed by atoms with Crippen LogP contribution in [0.25, 0.3) is 0 Å². The van der Waals surface area contributed by atoms with Gasteiger partial charge in [0.25, 0.3) is 0 Å². The van der Waals surface area contributed by atoms with Crippen molar-refractivity contribution in [3.63, 3.8) is 0 Å². The molecule has 17 heavy (non-hydrogen) atoms. The van der Waals surface area contributed by atoms with Crippen LogP contribution in [-0.2, 0) is 0 Å².